The maximum absolute atomic E-state index is 12.8. The lowest BCUT2D eigenvalue weighted by Crippen LogP contribution is -2.49. The molecule has 0 unspecified atom stereocenters. The van der Waals surface area contributed by atoms with Crippen molar-refractivity contribution in [3.8, 4) is 0 Å². The summed E-state index contributed by atoms with van der Waals surface area (Å²) in [6, 6.07) is -1.69. The highest BCUT2D eigenvalue weighted by molar-refractivity contribution is 7.86. The van der Waals surface area contributed by atoms with Crippen molar-refractivity contribution in [3.05, 3.63) is 0 Å². The van der Waals surface area contributed by atoms with Crippen molar-refractivity contribution in [3.63, 3.8) is 0 Å². The molecule has 0 aliphatic heterocycles. The molecule has 0 fully saturated rings. The van der Waals surface area contributed by atoms with Crippen LogP contribution in [0.1, 0.15) is 41.5 Å². The summed E-state index contributed by atoms with van der Waals surface area (Å²) in [6.07, 6.45) is -1.04. The van der Waals surface area contributed by atoms with Gasteiger partial charge < -0.3 is 14.8 Å². The van der Waals surface area contributed by atoms with E-state index in [2.05, 4.69) is 0 Å². The Morgan fingerprint density at radius 3 is 1.81 bits per heavy atom. The standard InChI is InChI=1S/C12H22FNO6S/c1-11(2,3)19-9(15)8(7-21(13,17)18)14-10(16)20-12(4,5)6/h8H,7H2,1-6H3,(H,14,16)/t8-/m0/s1. The molecule has 0 bridgehead atoms. The zero-order chi connectivity index (χ0) is 17.1. The molecule has 7 nitrogen and oxygen atoms in total. The van der Waals surface area contributed by atoms with Crippen molar-refractivity contribution in [2.24, 2.45) is 0 Å². The summed E-state index contributed by atoms with van der Waals surface area (Å²) < 4.78 is 44.0. The maximum Gasteiger partial charge on any atom is 0.408 e. The maximum atomic E-state index is 12.8. The van der Waals surface area contributed by atoms with Crippen LogP contribution in [0.5, 0.6) is 0 Å². The van der Waals surface area contributed by atoms with E-state index in [4.69, 9.17) is 9.47 Å². The van der Waals surface area contributed by atoms with Gasteiger partial charge in [-0.1, -0.05) is 0 Å². The number of hydrogen-bond acceptors (Lipinski definition) is 6. The molecule has 1 atom stereocenters. The number of halogens is 1. The fourth-order valence-electron chi connectivity index (χ4n) is 1.19. The monoisotopic (exact) mass is 327 g/mol. The first-order chi connectivity index (χ1) is 9.09. The van der Waals surface area contributed by atoms with Gasteiger partial charge in [-0.15, -0.1) is 3.89 Å². The summed E-state index contributed by atoms with van der Waals surface area (Å²) in [7, 11) is -4.98. The third-order valence-electron chi connectivity index (χ3n) is 1.75. The Bertz CT molecular complexity index is 489. The second kappa shape index (κ2) is 6.59. The molecular weight excluding hydrogens is 305 g/mol. The number of alkyl carbamates (subject to hydrolysis) is 1. The molecule has 0 aliphatic carbocycles. The molecule has 0 heterocycles. The second-order valence-corrected chi connectivity index (χ2v) is 7.85. The van der Waals surface area contributed by atoms with Crippen LogP contribution in [0.25, 0.3) is 0 Å². The number of nitrogens with one attached hydrogen (secondary N) is 1. The minimum Gasteiger partial charge on any atom is -0.458 e. The van der Waals surface area contributed by atoms with E-state index in [0.29, 0.717) is 0 Å². The molecule has 0 aromatic rings. The first-order valence-electron chi connectivity index (χ1n) is 6.24. The van der Waals surface area contributed by atoms with Crippen LogP contribution in [0.4, 0.5) is 8.68 Å². The third-order valence-corrected chi connectivity index (χ3v) is 2.48. The van der Waals surface area contributed by atoms with Gasteiger partial charge in [0.2, 0.25) is 0 Å². The quantitative estimate of drug-likeness (QED) is 0.621. The second-order valence-electron chi connectivity index (χ2n) is 6.44. The molecule has 0 spiro atoms. The van der Waals surface area contributed by atoms with Gasteiger partial charge in [0.25, 0.3) is 0 Å². The van der Waals surface area contributed by atoms with Crippen molar-refractivity contribution >= 4 is 22.3 Å². The van der Waals surface area contributed by atoms with E-state index >= 15 is 0 Å². The molecule has 0 aromatic carbocycles. The highest BCUT2D eigenvalue weighted by Crippen LogP contribution is 2.11. The molecule has 0 saturated carbocycles. The zero-order valence-corrected chi connectivity index (χ0v) is 13.8. The van der Waals surface area contributed by atoms with E-state index in [1.54, 1.807) is 41.5 Å². The van der Waals surface area contributed by atoms with Crippen molar-refractivity contribution in [2.75, 3.05) is 5.75 Å². The first kappa shape index (κ1) is 19.6. The van der Waals surface area contributed by atoms with Crippen molar-refractivity contribution in [2.45, 2.75) is 58.8 Å². The molecule has 0 saturated heterocycles. The van der Waals surface area contributed by atoms with Crippen LogP contribution in [-0.4, -0.2) is 43.5 Å². The number of amides is 1. The largest absolute Gasteiger partial charge is 0.458 e. The van der Waals surface area contributed by atoms with Gasteiger partial charge in [-0.05, 0) is 41.5 Å². The fourth-order valence-corrected chi connectivity index (χ4v) is 1.81. The average Bonchev–Trinajstić information content (AvgIpc) is 2.07. The summed E-state index contributed by atoms with van der Waals surface area (Å²) in [5.41, 5.74) is -1.76. The molecule has 21 heavy (non-hydrogen) atoms. The fraction of sp³-hybridized carbons (Fsp3) is 0.833. The summed E-state index contributed by atoms with van der Waals surface area (Å²) in [4.78, 5) is 23.4. The number of carbonyl (C=O) groups excluding carboxylic acids is 2. The van der Waals surface area contributed by atoms with Crippen molar-refractivity contribution in [1.82, 2.24) is 5.32 Å². The van der Waals surface area contributed by atoms with E-state index in [1.807, 2.05) is 5.32 Å². The van der Waals surface area contributed by atoms with Gasteiger partial charge in [-0.3, -0.25) is 0 Å². The summed E-state index contributed by atoms with van der Waals surface area (Å²) >= 11 is 0. The first-order valence-corrected chi connectivity index (χ1v) is 7.79. The van der Waals surface area contributed by atoms with E-state index < -0.39 is 45.3 Å². The smallest absolute Gasteiger partial charge is 0.408 e. The molecule has 9 heteroatoms. The lowest BCUT2D eigenvalue weighted by atomic mass is 10.2. The number of esters is 1. The predicted octanol–water partition coefficient (Wildman–Crippen LogP) is 1.52. The van der Waals surface area contributed by atoms with Gasteiger partial charge in [-0.25, -0.2) is 9.59 Å². The van der Waals surface area contributed by atoms with E-state index in [9.17, 15) is 21.9 Å². The van der Waals surface area contributed by atoms with E-state index in [0.717, 1.165) is 0 Å². The third kappa shape index (κ3) is 11.0. The molecule has 1 N–H and O–H groups in total. The minimum absolute atomic E-state index is 0.850. The van der Waals surface area contributed by atoms with Gasteiger partial charge in [0, 0.05) is 0 Å². The molecular formula is C12H22FNO6S. The Balaban J connectivity index is 4.99. The Morgan fingerprint density at radius 2 is 1.48 bits per heavy atom. The van der Waals surface area contributed by atoms with Gasteiger partial charge in [0.15, 0.2) is 0 Å². The van der Waals surface area contributed by atoms with Gasteiger partial charge in [-0.2, -0.15) is 8.42 Å². The van der Waals surface area contributed by atoms with Gasteiger partial charge in [0.05, 0.1) is 0 Å². The van der Waals surface area contributed by atoms with E-state index in [1.165, 1.54) is 0 Å². The molecule has 1 amide bonds. The number of hydrogen-bond donors (Lipinski definition) is 1. The van der Waals surface area contributed by atoms with Crippen LogP contribution in [0.2, 0.25) is 0 Å². The molecule has 124 valence electrons. The normalized spacial score (nSPS) is 14.2. The van der Waals surface area contributed by atoms with Crippen LogP contribution in [0.15, 0.2) is 0 Å². The number of rotatable bonds is 4. The Hall–Kier alpha value is -1.38. The van der Waals surface area contributed by atoms with Crippen LogP contribution in [-0.2, 0) is 24.5 Å². The van der Waals surface area contributed by atoms with Gasteiger partial charge in [0.1, 0.15) is 23.0 Å². The number of ether oxygens (including phenoxy) is 2. The van der Waals surface area contributed by atoms with E-state index in [-0.39, 0.29) is 0 Å². The minimum atomic E-state index is -4.98. The highest BCUT2D eigenvalue weighted by atomic mass is 32.3. The molecule has 0 aromatic heterocycles. The number of carbonyl (C=O) groups is 2. The van der Waals surface area contributed by atoms with Crippen molar-refractivity contribution in [1.29, 1.82) is 0 Å². The summed E-state index contributed by atoms with van der Waals surface area (Å²) in [5, 5.41) is 2.00. The Labute approximate surface area is 124 Å². The molecule has 0 aliphatic rings. The SMILES string of the molecule is CC(C)(C)OC(=O)N[C@@H](CS(=O)(=O)F)C(=O)OC(C)(C)C. The van der Waals surface area contributed by atoms with Crippen molar-refractivity contribution < 1.29 is 31.4 Å². The molecule has 0 radical (unpaired) electrons. The highest BCUT2D eigenvalue weighted by Gasteiger charge is 2.32. The lowest BCUT2D eigenvalue weighted by molar-refractivity contribution is -0.156. The van der Waals surface area contributed by atoms with Crippen LogP contribution in [0.3, 0.4) is 0 Å². The van der Waals surface area contributed by atoms with Crippen LogP contribution >= 0.6 is 0 Å². The Morgan fingerprint density at radius 1 is 1.05 bits per heavy atom. The zero-order valence-electron chi connectivity index (χ0n) is 13.0. The lowest BCUT2D eigenvalue weighted by Gasteiger charge is -2.25. The molecule has 0 rings (SSSR count). The summed E-state index contributed by atoms with van der Waals surface area (Å²) in [6.45, 7) is 9.42. The predicted molar refractivity (Wildman–Crippen MR) is 73.9 cm³/mol. The topological polar surface area (TPSA) is 98.8 Å². The van der Waals surface area contributed by atoms with Crippen LogP contribution in [0, 0.1) is 0 Å². The Kier molecular flexibility index (Phi) is 6.16. The summed E-state index contributed by atoms with van der Waals surface area (Å²) in [5.74, 6) is -2.28. The van der Waals surface area contributed by atoms with Crippen LogP contribution < -0.4 is 5.32 Å². The average molecular weight is 327 g/mol. The van der Waals surface area contributed by atoms with Gasteiger partial charge >= 0.3 is 22.3 Å².